The molecular formula is C14H17F3N4. The highest BCUT2D eigenvalue weighted by Crippen LogP contribution is 2.28. The SMILES string of the molecule is CCCNC(C)c1ccc(-n2cc(C(F)(F)F)cn2)nc1. The van der Waals surface area contributed by atoms with Crippen molar-refractivity contribution < 1.29 is 13.2 Å². The van der Waals surface area contributed by atoms with Crippen LogP contribution in [0.25, 0.3) is 5.82 Å². The van der Waals surface area contributed by atoms with Crippen LogP contribution in [0.5, 0.6) is 0 Å². The number of pyridine rings is 1. The normalized spacial score (nSPS) is 13.4. The summed E-state index contributed by atoms with van der Waals surface area (Å²) in [5.41, 5.74) is 0.196. The molecule has 0 radical (unpaired) electrons. The van der Waals surface area contributed by atoms with Gasteiger partial charge in [-0.3, -0.25) is 0 Å². The van der Waals surface area contributed by atoms with Crippen LogP contribution in [0, 0.1) is 0 Å². The van der Waals surface area contributed by atoms with Crippen molar-refractivity contribution in [2.75, 3.05) is 6.54 Å². The van der Waals surface area contributed by atoms with Crippen molar-refractivity contribution >= 4 is 0 Å². The molecule has 0 aliphatic carbocycles. The minimum absolute atomic E-state index is 0.148. The van der Waals surface area contributed by atoms with Crippen LogP contribution in [-0.4, -0.2) is 21.3 Å². The van der Waals surface area contributed by atoms with Crippen LogP contribution < -0.4 is 5.32 Å². The molecule has 2 aromatic rings. The number of halogens is 3. The molecule has 21 heavy (non-hydrogen) atoms. The van der Waals surface area contributed by atoms with E-state index in [-0.39, 0.29) is 6.04 Å². The van der Waals surface area contributed by atoms with Gasteiger partial charge >= 0.3 is 6.18 Å². The van der Waals surface area contributed by atoms with Crippen LogP contribution in [0.2, 0.25) is 0 Å². The Morgan fingerprint density at radius 3 is 2.57 bits per heavy atom. The molecule has 0 amide bonds. The first-order valence-electron chi connectivity index (χ1n) is 6.73. The highest BCUT2D eigenvalue weighted by atomic mass is 19.4. The maximum atomic E-state index is 12.5. The highest BCUT2D eigenvalue weighted by Gasteiger charge is 2.32. The fourth-order valence-corrected chi connectivity index (χ4v) is 1.86. The Bertz CT molecular complexity index is 575. The van der Waals surface area contributed by atoms with Crippen molar-refractivity contribution in [1.82, 2.24) is 20.1 Å². The molecular weight excluding hydrogens is 281 g/mol. The Morgan fingerprint density at radius 2 is 2.05 bits per heavy atom. The van der Waals surface area contributed by atoms with Crippen molar-refractivity contribution in [3.8, 4) is 5.82 Å². The number of hydrogen-bond donors (Lipinski definition) is 1. The molecule has 0 spiro atoms. The first-order valence-corrected chi connectivity index (χ1v) is 6.73. The standard InChI is InChI=1S/C14H17F3N4/c1-3-6-18-10(2)11-4-5-13(19-7-11)21-9-12(8-20-21)14(15,16)17/h4-5,7-10,18H,3,6H2,1-2H3. The minimum Gasteiger partial charge on any atom is -0.310 e. The van der Waals surface area contributed by atoms with Crippen molar-refractivity contribution in [2.24, 2.45) is 0 Å². The summed E-state index contributed by atoms with van der Waals surface area (Å²) in [6.07, 6.45) is 0.0134. The first-order chi connectivity index (χ1) is 9.91. The lowest BCUT2D eigenvalue weighted by Gasteiger charge is -2.13. The zero-order chi connectivity index (χ0) is 15.5. The molecule has 1 unspecified atom stereocenters. The van der Waals surface area contributed by atoms with E-state index in [4.69, 9.17) is 0 Å². The molecule has 2 aromatic heterocycles. The lowest BCUT2D eigenvalue weighted by atomic mass is 10.1. The number of alkyl halides is 3. The molecule has 2 rings (SSSR count). The highest BCUT2D eigenvalue weighted by molar-refractivity contribution is 5.27. The van der Waals surface area contributed by atoms with Crippen molar-refractivity contribution in [2.45, 2.75) is 32.5 Å². The van der Waals surface area contributed by atoms with Gasteiger partial charge in [-0.1, -0.05) is 13.0 Å². The third-order valence-electron chi connectivity index (χ3n) is 3.12. The van der Waals surface area contributed by atoms with Gasteiger partial charge in [0, 0.05) is 18.4 Å². The lowest BCUT2D eigenvalue weighted by molar-refractivity contribution is -0.137. The van der Waals surface area contributed by atoms with E-state index in [0.29, 0.717) is 5.82 Å². The first kappa shape index (κ1) is 15.5. The summed E-state index contributed by atoms with van der Waals surface area (Å²) in [7, 11) is 0. The molecule has 7 heteroatoms. The fourth-order valence-electron chi connectivity index (χ4n) is 1.86. The van der Waals surface area contributed by atoms with E-state index in [9.17, 15) is 13.2 Å². The molecule has 1 atom stereocenters. The van der Waals surface area contributed by atoms with Gasteiger partial charge in [-0.15, -0.1) is 0 Å². The van der Waals surface area contributed by atoms with E-state index in [1.165, 1.54) is 0 Å². The average molecular weight is 298 g/mol. The monoisotopic (exact) mass is 298 g/mol. The smallest absolute Gasteiger partial charge is 0.310 e. The number of nitrogens with zero attached hydrogens (tertiary/aromatic N) is 3. The van der Waals surface area contributed by atoms with Gasteiger partial charge in [-0.05, 0) is 31.5 Å². The fraction of sp³-hybridized carbons (Fsp3) is 0.429. The van der Waals surface area contributed by atoms with Crippen molar-refractivity contribution in [3.05, 3.63) is 41.9 Å². The largest absolute Gasteiger partial charge is 0.419 e. The number of aromatic nitrogens is 3. The average Bonchev–Trinajstić information content (AvgIpc) is 2.95. The van der Waals surface area contributed by atoms with Crippen LogP contribution in [0.15, 0.2) is 30.7 Å². The van der Waals surface area contributed by atoms with E-state index in [0.717, 1.165) is 35.6 Å². The summed E-state index contributed by atoms with van der Waals surface area (Å²) >= 11 is 0. The Morgan fingerprint density at radius 1 is 1.29 bits per heavy atom. The number of nitrogens with one attached hydrogen (secondary N) is 1. The summed E-state index contributed by atoms with van der Waals surface area (Å²) < 4.78 is 38.7. The van der Waals surface area contributed by atoms with Gasteiger partial charge in [0.2, 0.25) is 0 Å². The van der Waals surface area contributed by atoms with Crippen molar-refractivity contribution in [1.29, 1.82) is 0 Å². The molecule has 0 saturated heterocycles. The molecule has 0 bridgehead atoms. The van der Waals surface area contributed by atoms with Crippen LogP contribution in [-0.2, 0) is 6.18 Å². The van der Waals surface area contributed by atoms with E-state index in [1.807, 2.05) is 13.0 Å². The molecule has 0 aliphatic heterocycles. The second-order valence-corrected chi connectivity index (χ2v) is 4.80. The van der Waals surface area contributed by atoms with E-state index >= 15 is 0 Å². The van der Waals surface area contributed by atoms with Gasteiger partial charge in [0.15, 0.2) is 5.82 Å². The zero-order valence-electron chi connectivity index (χ0n) is 11.9. The van der Waals surface area contributed by atoms with Gasteiger partial charge in [0.1, 0.15) is 0 Å². The van der Waals surface area contributed by atoms with Gasteiger partial charge < -0.3 is 5.32 Å². The molecule has 0 saturated carbocycles. The van der Waals surface area contributed by atoms with Crippen LogP contribution in [0.1, 0.15) is 37.4 Å². The summed E-state index contributed by atoms with van der Waals surface area (Å²) in [4.78, 5) is 4.17. The number of hydrogen-bond acceptors (Lipinski definition) is 3. The maximum Gasteiger partial charge on any atom is 0.419 e. The Labute approximate surface area is 121 Å². The van der Waals surface area contributed by atoms with Gasteiger partial charge in [-0.2, -0.15) is 18.3 Å². The lowest BCUT2D eigenvalue weighted by Crippen LogP contribution is -2.19. The maximum absolute atomic E-state index is 12.5. The van der Waals surface area contributed by atoms with Crippen LogP contribution >= 0.6 is 0 Å². The Hall–Kier alpha value is -1.89. The van der Waals surface area contributed by atoms with Gasteiger partial charge in [0.05, 0.1) is 11.8 Å². The summed E-state index contributed by atoms with van der Waals surface area (Å²) in [5, 5.41) is 7.02. The van der Waals surface area contributed by atoms with Crippen LogP contribution in [0.3, 0.4) is 0 Å². The second-order valence-electron chi connectivity index (χ2n) is 4.80. The molecule has 2 heterocycles. The Balaban J connectivity index is 2.13. The number of rotatable bonds is 5. The molecule has 0 aromatic carbocycles. The Kier molecular flexibility index (Phi) is 4.62. The topological polar surface area (TPSA) is 42.7 Å². The van der Waals surface area contributed by atoms with E-state index in [2.05, 4.69) is 22.3 Å². The summed E-state index contributed by atoms with van der Waals surface area (Å²) in [5.74, 6) is 0.358. The van der Waals surface area contributed by atoms with Crippen LogP contribution in [0.4, 0.5) is 13.2 Å². The quantitative estimate of drug-likeness (QED) is 0.920. The third kappa shape index (κ3) is 3.81. The van der Waals surface area contributed by atoms with E-state index in [1.54, 1.807) is 12.3 Å². The molecule has 4 nitrogen and oxygen atoms in total. The summed E-state index contributed by atoms with van der Waals surface area (Å²) in [6.45, 7) is 5.00. The van der Waals surface area contributed by atoms with Gasteiger partial charge in [0.25, 0.3) is 0 Å². The molecule has 0 fully saturated rings. The van der Waals surface area contributed by atoms with Gasteiger partial charge in [-0.25, -0.2) is 9.67 Å². The predicted octanol–water partition coefficient (Wildman–Crippen LogP) is 3.35. The predicted molar refractivity (Wildman–Crippen MR) is 73.1 cm³/mol. The second kappa shape index (κ2) is 6.26. The molecule has 114 valence electrons. The van der Waals surface area contributed by atoms with Crippen molar-refractivity contribution in [3.63, 3.8) is 0 Å². The molecule has 0 aliphatic rings. The minimum atomic E-state index is -4.39. The van der Waals surface area contributed by atoms with E-state index < -0.39 is 11.7 Å². The third-order valence-corrected chi connectivity index (χ3v) is 3.12. The molecule has 1 N–H and O–H groups in total. The summed E-state index contributed by atoms with van der Waals surface area (Å²) in [6, 6.07) is 3.65. The zero-order valence-corrected chi connectivity index (χ0v) is 11.9.